The SMILES string of the molecule is CC1(C)CCc2cc(N3CCC(c4nnc5n4CCC5)CC3)nnc21. The summed E-state index contributed by atoms with van der Waals surface area (Å²) in [6.45, 7) is 7.71. The van der Waals surface area contributed by atoms with Crippen molar-refractivity contribution in [3.63, 3.8) is 0 Å². The summed E-state index contributed by atoms with van der Waals surface area (Å²) in [7, 11) is 0. The van der Waals surface area contributed by atoms with Crippen molar-refractivity contribution < 1.29 is 0 Å². The quantitative estimate of drug-likeness (QED) is 0.842. The fourth-order valence-electron chi connectivity index (χ4n) is 4.74. The van der Waals surface area contributed by atoms with Crippen LogP contribution in [0.25, 0.3) is 0 Å². The van der Waals surface area contributed by atoms with Gasteiger partial charge in [0.2, 0.25) is 0 Å². The highest BCUT2D eigenvalue weighted by Crippen LogP contribution is 2.38. The molecule has 0 amide bonds. The van der Waals surface area contributed by atoms with E-state index in [1.165, 1.54) is 35.7 Å². The number of hydrogen-bond acceptors (Lipinski definition) is 5. The van der Waals surface area contributed by atoms with Crippen molar-refractivity contribution in [3.8, 4) is 0 Å². The summed E-state index contributed by atoms with van der Waals surface area (Å²) in [5, 5.41) is 18.0. The van der Waals surface area contributed by atoms with Crippen LogP contribution in [0.15, 0.2) is 6.07 Å². The van der Waals surface area contributed by atoms with Crippen LogP contribution in [0.1, 0.15) is 68.4 Å². The van der Waals surface area contributed by atoms with Crippen molar-refractivity contribution in [2.75, 3.05) is 18.0 Å². The van der Waals surface area contributed by atoms with Gasteiger partial charge in [0.05, 0.1) is 5.69 Å². The summed E-state index contributed by atoms with van der Waals surface area (Å²) < 4.78 is 2.36. The predicted molar refractivity (Wildman–Crippen MR) is 95.9 cm³/mol. The van der Waals surface area contributed by atoms with E-state index in [9.17, 15) is 0 Å². The molecular formula is C19H26N6. The van der Waals surface area contributed by atoms with Gasteiger partial charge in [-0.1, -0.05) is 13.8 Å². The summed E-state index contributed by atoms with van der Waals surface area (Å²) in [6, 6.07) is 2.28. The molecule has 1 saturated heterocycles. The molecule has 6 heteroatoms. The molecule has 0 bridgehead atoms. The summed E-state index contributed by atoms with van der Waals surface area (Å²) >= 11 is 0. The molecule has 0 unspecified atom stereocenters. The topological polar surface area (TPSA) is 59.7 Å². The summed E-state index contributed by atoms with van der Waals surface area (Å²) in [5.41, 5.74) is 2.78. The first kappa shape index (κ1) is 15.3. The molecular weight excluding hydrogens is 312 g/mol. The van der Waals surface area contributed by atoms with E-state index < -0.39 is 0 Å². The number of nitrogens with zero attached hydrogens (tertiary/aromatic N) is 6. The third-order valence-corrected chi connectivity index (χ3v) is 6.34. The third-order valence-electron chi connectivity index (χ3n) is 6.34. The summed E-state index contributed by atoms with van der Waals surface area (Å²) in [5.74, 6) is 4.00. The highest BCUT2D eigenvalue weighted by atomic mass is 15.3. The fourth-order valence-corrected chi connectivity index (χ4v) is 4.74. The van der Waals surface area contributed by atoms with Crippen LogP contribution in [0.4, 0.5) is 5.82 Å². The molecule has 2 aromatic rings. The van der Waals surface area contributed by atoms with E-state index in [0.717, 1.165) is 51.1 Å². The molecule has 0 saturated carbocycles. The lowest BCUT2D eigenvalue weighted by atomic mass is 9.91. The Balaban J connectivity index is 1.31. The van der Waals surface area contributed by atoms with Crippen LogP contribution in [0, 0.1) is 0 Å². The minimum Gasteiger partial charge on any atom is -0.355 e. The molecule has 132 valence electrons. The Hall–Kier alpha value is -1.98. The van der Waals surface area contributed by atoms with E-state index in [1.807, 2.05) is 0 Å². The lowest BCUT2D eigenvalue weighted by Gasteiger charge is -2.32. The van der Waals surface area contributed by atoms with Crippen molar-refractivity contribution in [1.82, 2.24) is 25.0 Å². The van der Waals surface area contributed by atoms with Crippen molar-refractivity contribution in [2.45, 2.75) is 70.3 Å². The van der Waals surface area contributed by atoms with Crippen LogP contribution >= 0.6 is 0 Å². The first-order chi connectivity index (χ1) is 12.1. The zero-order chi connectivity index (χ0) is 17.0. The highest BCUT2D eigenvalue weighted by molar-refractivity contribution is 5.45. The molecule has 0 aromatic carbocycles. The molecule has 0 spiro atoms. The minimum absolute atomic E-state index is 0.182. The maximum absolute atomic E-state index is 4.59. The maximum atomic E-state index is 4.59. The van der Waals surface area contributed by atoms with Crippen LogP contribution in [0.2, 0.25) is 0 Å². The monoisotopic (exact) mass is 338 g/mol. The second kappa shape index (κ2) is 5.51. The number of piperidine rings is 1. The number of aryl methyl sites for hydroxylation is 2. The molecule has 0 radical (unpaired) electrons. The predicted octanol–water partition coefficient (Wildman–Crippen LogP) is 2.62. The van der Waals surface area contributed by atoms with Gasteiger partial charge < -0.3 is 9.47 Å². The van der Waals surface area contributed by atoms with Crippen LogP contribution in [-0.4, -0.2) is 38.1 Å². The smallest absolute Gasteiger partial charge is 0.151 e. The lowest BCUT2D eigenvalue weighted by molar-refractivity contribution is 0.463. The highest BCUT2D eigenvalue weighted by Gasteiger charge is 2.33. The Morgan fingerprint density at radius 1 is 1.00 bits per heavy atom. The normalized spacial score (nSPS) is 22.2. The van der Waals surface area contributed by atoms with Crippen LogP contribution in [0.5, 0.6) is 0 Å². The third kappa shape index (κ3) is 2.45. The largest absolute Gasteiger partial charge is 0.355 e. The molecule has 2 aliphatic heterocycles. The molecule has 1 fully saturated rings. The Morgan fingerprint density at radius 3 is 2.68 bits per heavy atom. The first-order valence-electron chi connectivity index (χ1n) is 9.66. The average Bonchev–Trinajstić information content (AvgIpc) is 3.30. The van der Waals surface area contributed by atoms with E-state index in [-0.39, 0.29) is 5.41 Å². The van der Waals surface area contributed by atoms with Gasteiger partial charge in [-0.15, -0.1) is 15.3 Å². The van der Waals surface area contributed by atoms with E-state index >= 15 is 0 Å². The number of rotatable bonds is 2. The van der Waals surface area contributed by atoms with Gasteiger partial charge in [-0.2, -0.15) is 5.10 Å². The average molecular weight is 338 g/mol. The van der Waals surface area contributed by atoms with Crippen molar-refractivity contribution in [3.05, 3.63) is 29.0 Å². The minimum atomic E-state index is 0.182. The number of hydrogen-bond donors (Lipinski definition) is 0. The Labute approximate surface area is 148 Å². The van der Waals surface area contributed by atoms with Gasteiger partial charge >= 0.3 is 0 Å². The van der Waals surface area contributed by atoms with Gasteiger partial charge in [-0.25, -0.2) is 0 Å². The molecule has 0 N–H and O–H groups in total. The molecule has 1 aliphatic carbocycles. The van der Waals surface area contributed by atoms with Gasteiger partial charge in [0, 0.05) is 37.4 Å². The molecule has 4 heterocycles. The molecule has 6 nitrogen and oxygen atoms in total. The zero-order valence-electron chi connectivity index (χ0n) is 15.2. The lowest BCUT2D eigenvalue weighted by Crippen LogP contribution is -2.34. The van der Waals surface area contributed by atoms with Crippen LogP contribution < -0.4 is 4.90 Å². The van der Waals surface area contributed by atoms with Crippen molar-refractivity contribution in [2.24, 2.45) is 0 Å². The van der Waals surface area contributed by atoms with Gasteiger partial charge in [0.15, 0.2) is 5.82 Å². The van der Waals surface area contributed by atoms with Crippen molar-refractivity contribution >= 4 is 5.82 Å². The fraction of sp³-hybridized carbons (Fsp3) is 0.684. The van der Waals surface area contributed by atoms with Gasteiger partial charge in [-0.05, 0) is 43.7 Å². The number of aromatic nitrogens is 5. The number of anilines is 1. The van der Waals surface area contributed by atoms with E-state index in [4.69, 9.17) is 0 Å². The van der Waals surface area contributed by atoms with E-state index in [2.05, 4.69) is 49.8 Å². The Morgan fingerprint density at radius 2 is 1.84 bits per heavy atom. The van der Waals surface area contributed by atoms with Gasteiger partial charge in [-0.3, -0.25) is 0 Å². The molecule has 3 aliphatic rings. The summed E-state index contributed by atoms with van der Waals surface area (Å²) in [4.78, 5) is 2.40. The molecule has 5 rings (SSSR count). The summed E-state index contributed by atoms with van der Waals surface area (Å²) in [6.07, 6.45) is 6.88. The second-order valence-corrected chi connectivity index (χ2v) is 8.45. The molecule has 25 heavy (non-hydrogen) atoms. The second-order valence-electron chi connectivity index (χ2n) is 8.45. The van der Waals surface area contributed by atoms with E-state index in [1.54, 1.807) is 0 Å². The van der Waals surface area contributed by atoms with Gasteiger partial charge in [0.25, 0.3) is 0 Å². The van der Waals surface area contributed by atoms with Gasteiger partial charge in [0.1, 0.15) is 11.6 Å². The number of fused-ring (bicyclic) bond motifs is 2. The Kier molecular flexibility index (Phi) is 3.37. The first-order valence-corrected chi connectivity index (χ1v) is 9.66. The standard InChI is InChI=1S/C19H26N6/c1-19(2)8-5-14-12-16(21-22-17(14)19)24-10-6-13(7-11-24)18-23-20-15-4-3-9-25(15)18/h12-13H,3-11H2,1-2H3. The zero-order valence-corrected chi connectivity index (χ0v) is 15.2. The Bertz CT molecular complexity index is 800. The van der Waals surface area contributed by atoms with E-state index in [0.29, 0.717) is 5.92 Å². The maximum Gasteiger partial charge on any atom is 0.151 e. The molecule has 0 atom stereocenters. The van der Waals surface area contributed by atoms with Crippen molar-refractivity contribution in [1.29, 1.82) is 0 Å². The van der Waals surface area contributed by atoms with Crippen LogP contribution in [-0.2, 0) is 24.8 Å². The molecule has 2 aromatic heterocycles. The van der Waals surface area contributed by atoms with Crippen LogP contribution in [0.3, 0.4) is 0 Å².